The van der Waals surface area contributed by atoms with E-state index in [1.165, 1.54) is 11.1 Å². The van der Waals surface area contributed by atoms with Crippen molar-refractivity contribution in [2.24, 2.45) is 5.73 Å². The van der Waals surface area contributed by atoms with Gasteiger partial charge in [-0.05, 0) is 31.4 Å². The smallest absolute Gasteiger partial charge is 0.318 e. The van der Waals surface area contributed by atoms with E-state index in [0.717, 1.165) is 17.7 Å². The second-order valence-electron chi connectivity index (χ2n) is 5.33. The lowest BCUT2D eigenvalue weighted by molar-refractivity contribution is 0.479. The Kier molecular flexibility index (Phi) is 2.32. The van der Waals surface area contributed by atoms with Gasteiger partial charge in [0, 0.05) is 24.2 Å². The molecule has 2 aliphatic rings. The number of nitrogens with one attached hydrogen (secondary N) is 1. The van der Waals surface area contributed by atoms with E-state index in [0.29, 0.717) is 6.42 Å². The summed E-state index contributed by atoms with van der Waals surface area (Å²) < 4.78 is 0. The molecule has 4 heteroatoms. The normalized spacial score (nSPS) is 32.1. The lowest BCUT2D eigenvalue weighted by Crippen LogP contribution is -2.50. The van der Waals surface area contributed by atoms with E-state index in [9.17, 15) is 4.79 Å². The van der Waals surface area contributed by atoms with Crippen LogP contribution in [0.4, 0.5) is 0 Å². The molecule has 0 saturated carbocycles. The average Bonchev–Trinajstić information content (AvgIpc) is 2.26. The molecule has 3 N–H and O–H groups in total. The molecule has 3 rings (SSSR count). The van der Waals surface area contributed by atoms with E-state index in [1.54, 1.807) is 6.20 Å². The summed E-state index contributed by atoms with van der Waals surface area (Å²) in [6.45, 7) is 4.15. The summed E-state index contributed by atoms with van der Waals surface area (Å²) in [7, 11) is 0. The summed E-state index contributed by atoms with van der Waals surface area (Å²) in [5, 5.41) is 0. The van der Waals surface area contributed by atoms with Crippen molar-refractivity contribution in [3.8, 4) is 0 Å². The third-order valence-electron chi connectivity index (χ3n) is 4.03. The number of aromatic nitrogens is 2. The Balaban J connectivity index is 2.26. The van der Waals surface area contributed by atoms with Crippen LogP contribution in [-0.2, 0) is 6.42 Å². The Morgan fingerprint density at radius 2 is 2.39 bits per heavy atom. The van der Waals surface area contributed by atoms with E-state index >= 15 is 0 Å². The van der Waals surface area contributed by atoms with Crippen LogP contribution in [0, 0.1) is 0 Å². The van der Waals surface area contributed by atoms with Crippen LogP contribution in [0.3, 0.4) is 0 Å². The highest BCUT2D eigenvalue weighted by atomic mass is 16.1. The largest absolute Gasteiger partial charge is 0.345 e. The van der Waals surface area contributed by atoms with Crippen molar-refractivity contribution < 1.29 is 0 Å². The van der Waals surface area contributed by atoms with Gasteiger partial charge in [-0.2, -0.15) is 0 Å². The van der Waals surface area contributed by atoms with E-state index in [4.69, 9.17) is 5.73 Å². The summed E-state index contributed by atoms with van der Waals surface area (Å²) in [5.41, 5.74) is 10.4. The molecule has 0 unspecified atom stereocenters. The van der Waals surface area contributed by atoms with Gasteiger partial charge >= 0.3 is 5.69 Å². The number of aromatic amines is 1. The summed E-state index contributed by atoms with van der Waals surface area (Å²) in [6, 6.07) is 0. The van der Waals surface area contributed by atoms with Crippen LogP contribution in [0.5, 0.6) is 0 Å². The van der Waals surface area contributed by atoms with Gasteiger partial charge in [0.2, 0.25) is 0 Å². The van der Waals surface area contributed by atoms with Crippen LogP contribution in [0.1, 0.15) is 37.4 Å². The zero-order chi connectivity index (χ0) is 12.9. The summed E-state index contributed by atoms with van der Waals surface area (Å²) in [4.78, 5) is 18.0. The number of allylic oxidation sites excluding steroid dienone is 2. The Bertz CT molecular complexity index is 626. The topological polar surface area (TPSA) is 71.8 Å². The maximum Gasteiger partial charge on any atom is 0.345 e. The van der Waals surface area contributed by atoms with Crippen molar-refractivity contribution in [3.63, 3.8) is 0 Å². The average molecular weight is 243 g/mol. The van der Waals surface area contributed by atoms with Crippen LogP contribution in [0.15, 0.2) is 34.3 Å². The molecular weight excluding hydrogens is 226 g/mol. The zero-order valence-electron chi connectivity index (χ0n) is 10.7. The van der Waals surface area contributed by atoms with Crippen molar-refractivity contribution in [1.29, 1.82) is 0 Å². The minimum atomic E-state index is -0.445. The molecule has 2 aliphatic carbocycles. The van der Waals surface area contributed by atoms with Crippen molar-refractivity contribution in [2.75, 3.05) is 0 Å². The van der Waals surface area contributed by atoms with E-state index < -0.39 is 5.54 Å². The van der Waals surface area contributed by atoms with Crippen molar-refractivity contribution in [1.82, 2.24) is 9.97 Å². The monoisotopic (exact) mass is 243 g/mol. The molecule has 0 saturated heterocycles. The Labute approximate surface area is 106 Å². The van der Waals surface area contributed by atoms with E-state index in [2.05, 4.69) is 29.0 Å². The first kappa shape index (κ1) is 11.4. The first-order valence-corrected chi connectivity index (χ1v) is 6.25. The van der Waals surface area contributed by atoms with Crippen LogP contribution in [0.25, 0.3) is 0 Å². The number of nitrogens with two attached hydrogens (primary N) is 1. The van der Waals surface area contributed by atoms with Gasteiger partial charge in [-0.3, -0.25) is 0 Å². The molecule has 0 fully saturated rings. The summed E-state index contributed by atoms with van der Waals surface area (Å²) in [6.07, 6.45) is 7.57. The number of hydrogen-bond acceptors (Lipinski definition) is 3. The van der Waals surface area contributed by atoms with Gasteiger partial charge in [0.15, 0.2) is 0 Å². The molecule has 94 valence electrons. The highest BCUT2D eigenvalue weighted by Crippen LogP contribution is 2.46. The van der Waals surface area contributed by atoms with Crippen LogP contribution in [0.2, 0.25) is 0 Å². The Hall–Kier alpha value is -1.68. The van der Waals surface area contributed by atoms with Crippen molar-refractivity contribution in [2.45, 2.75) is 38.1 Å². The van der Waals surface area contributed by atoms with Crippen LogP contribution in [-0.4, -0.2) is 15.5 Å². The number of rotatable bonds is 0. The second kappa shape index (κ2) is 3.65. The molecule has 1 aromatic heterocycles. The molecule has 0 spiro atoms. The lowest BCUT2D eigenvalue weighted by Gasteiger charge is -2.44. The number of hydrogen-bond donors (Lipinski definition) is 2. The first-order valence-electron chi connectivity index (χ1n) is 6.25. The molecule has 2 bridgehead atoms. The van der Waals surface area contributed by atoms with Gasteiger partial charge in [0.25, 0.3) is 0 Å². The fraction of sp³-hybridized carbons (Fsp3) is 0.429. The third-order valence-corrected chi connectivity index (χ3v) is 4.03. The molecule has 0 aliphatic heterocycles. The fourth-order valence-corrected chi connectivity index (χ4v) is 3.42. The van der Waals surface area contributed by atoms with E-state index in [-0.39, 0.29) is 11.6 Å². The highest BCUT2D eigenvalue weighted by molar-refractivity contribution is 5.50. The van der Waals surface area contributed by atoms with Gasteiger partial charge in [0.05, 0.1) is 5.54 Å². The van der Waals surface area contributed by atoms with E-state index in [1.807, 2.05) is 6.92 Å². The third kappa shape index (κ3) is 1.49. The first-order chi connectivity index (χ1) is 8.53. The molecule has 2 atom stereocenters. The summed E-state index contributed by atoms with van der Waals surface area (Å²) in [5.74, 6) is 0.262. The number of nitrogens with zero attached hydrogens (tertiary/aromatic N) is 1. The van der Waals surface area contributed by atoms with Gasteiger partial charge in [-0.1, -0.05) is 17.7 Å². The lowest BCUT2D eigenvalue weighted by atomic mass is 9.64. The van der Waals surface area contributed by atoms with Crippen LogP contribution < -0.4 is 11.4 Å². The van der Waals surface area contributed by atoms with Crippen LogP contribution >= 0.6 is 0 Å². The molecule has 0 radical (unpaired) electrons. The molecule has 1 aromatic rings. The minimum absolute atomic E-state index is 0.262. The predicted octanol–water partition coefficient (Wildman–Crippen LogP) is 1.40. The van der Waals surface area contributed by atoms with Gasteiger partial charge in [0.1, 0.15) is 0 Å². The zero-order valence-corrected chi connectivity index (χ0v) is 10.7. The number of fused-ring (bicyclic) bond motifs is 4. The molecule has 0 amide bonds. The van der Waals surface area contributed by atoms with Gasteiger partial charge < -0.3 is 10.7 Å². The maximum absolute atomic E-state index is 11.3. The SMILES string of the molecule is CC=C1[C@@H]2CC(C)=C[C@@]1(N)Cc1[nH]c(=O)ncc12. The Morgan fingerprint density at radius 3 is 3.11 bits per heavy atom. The summed E-state index contributed by atoms with van der Waals surface area (Å²) >= 11 is 0. The second-order valence-corrected chi connectivity index (χ2v) is 5.33. The highest BCUT2D eigenvalue weighted by Gasteiger charge is 2.42. The quantitative estimate of drug-likeness (QED) is 0.677. The fourth-order valence-electron chi connectivity index (χ4n) is 3.42. The standard InChI is InChI=1S/C14H17N3O/c1-3-11-9-4-8(2)5-14(11,15)6-12-10(9)7-16-13(18)17-12/h3,5,7,9H,4,6,15H2,1-2H3,(H,16,17,18)/t9-,14-/m1/s1. The predicted molar refractivity (Wildman–Crippen MR) is 70.4 cm³/mol. The number of H-pyrrole nitrogens is 1. The maximum atomic E-state index is 11.3. The van der Waals surface area contributed by atoms with Gasteiger partial charge in [-0.25, -0.2) is 9.78 Å². The molecule has 18 heavy (non-hydrogen) atoms. The van der Waals surface area contributed by atoms with Crippen molar-refractivity contribution in [3.05, 3.63) is 51.2 Å². The van der Waals surface area contributed by atoms with Crippen molar-refractivity contribution >= 4 is 0 Å². The minimum Gasteiger partial charge on any atom is -0.318 e. The molecule has 1 heterocycles. The molecule has 0 aromatic carbocycles. The molecule has 4 nitrogen and oxygen atoms in total. The van der Waals surface area contributed by atoms with Gasteiger partial charge in [-0.15, -0.1) is 0 Å². The molecular formula is C14H17N3O. The Morgan fingerprint density at radius 1 is 1.61 bits per heavy atom.